The molecule has 0 amide bonds. The van der Waals surface area contributed by atoms with E-state index in [1.807, 2.05) is 12.3 Å². The molecule has 1 aromatic carbocycles. The Kier molecular flexibility index (Phi) is 6.22. The van der Waals surface area contributed by atoms with Gasteiger partial charge in [0.1, 0.15) is 5.82 Å². The van der Waals surface area contributed by atoms with Gasteiger partial charge in [-0.25, -0.2) is 14.8 Å². The molecule has 0 spiro atoms. The van der Waals surface area contributed by atoms with E-state index in [9.17, 15) is 0 Å². The van der Waals surface area contributed by atoms with Gasteiger partial charge in [-0.15, -0.1) is 5.10 Å². The first-order chi connectivity index (χ1) is 14.8. The Hall–Kier alpha value is -3.42. The van der Waals surface area contributed by atoms with E-state index in [-0.39, 0.29) is 0 Å². The molecule has 8 heteroatoms. The maximum absolute atomic E-state index is 4.79. The summed E-state index contributed by atoms with van der Waals surface area (Å²) >= 11 is 0. The molecule has 8 nitrogen and oxygen atoms in total. The van der Waals surface area contributed by atoms with Crippen LogP contribution in [0.25, 0.3) is 22.5 Å². The predicted octanol–water partition coefficient (Wildman–Crippen LogP) is 3.86. The Morgan fingerprint density at radius 3 is 2.60 bits per heavy atom. The van der Waals surface area contributed by atoms with Gasteiger partial charge in [-0.2, -0.15) is 5.10 Å². The molecule has 4 aromatic rings. The summed E-state index contributed by atoms with van der Waals surface area (Å²) in [5, 5.41) is 18.9. The topological polar surface area (TPSA) is 98.1 Å². The first-order valence-electron chi connectivity index (χ1n) is 10.5. The van der Waals surface area contributed by atoms with Crippen LogP contribution in [0.3, 0.4) is 0 Å². The van der Waals surface area contributed by atoms with Gasteiger partial charge < -0.3 is 0 Å². The van der Waals surface area contributed by atoms with Gasteiger partial charge in [0.15, 0.2) is 11.6 Å². The summed E-state index contributed by atoms with van der Waals surface area (Å²) in [6.07, 6.45) is 8.59. The second-order valence-electron chi connectivity index (χ2n) is 7.32. The molecular weight excluding hydrogens is 376 g/mol. The number of hydrogen-bond donors (Lipinski definition) is 1. The zero-order valence-corrected chi connectivity index (χ0v) is 17.4. The van der Waals surface area contributed by atoms with Crippen molar-refractivity contribution in [2.75, 3.05) is 0 Å². The van der Waals surface area contributed by atoms with Crippen LogP contribution in [0, 0.1) is 0 Å². The molecule has 0 aliphatic heterocycles. The van der Waals surface area contributed by atoms with Crippen LogP contribution in [0.1, 0.15) is 50.3 Å². The van der Waals surface area contributed by atoms with Crippen LogP contribution in [0.4, 0.5) is 0 Å². The lowest BCUT2D eigenvalue weighted by Crippen LogP contribution is -2.06. The molecule has 0 fully saturated rings. The summed E-state index contributed by atoms with van der Waals surface area (Å²) in [5.41, 5.74) is 4.18. The van der Waals surface area contributed by atoms with Crippen molar-refractivity contribution in [2.24, 2.45) is 0 Å². The van der Waals surface area contributed by atoms with Gasteiger partial charge in [-0.05, 0) is 40.5 Å². The lowest BCUT2D eigenvalue weighted by atomic mass is 9.99. The summed E-state index contributed by atoms with van der Waals surface area (Å²) in [7, 11) is 0. The highest BCUT2D eigenvalue weighted by atomic mass is 15.5. The normalized spacial score (nSPS) is 11.1. The number of rotatable bonds is 9. The third-order valence-corrected chi connectivity index (χ3v) is 5.04. The van der Waals surface area contributed by atoms with Crippen molar-refractivity contribution in [1.29, 1.82) is 0 Å². The molecule has 4 rings (SSSR count). The molecule has 3 aromatic heterocycles. The minimum atomic E-state index is 0.629. The number of aryl methyl sites for hydroxylation is 2. The van der Waals surface area contributed by atoms with E-state index in [1.54, 1.807) is 6.20 Å². The molecular formula is C22H26N8. The summed E-state index contributed by atoms with van der Waals surface area (Å²) in [4.78, 5) is 9.07. The van der Waals surface area contributed by atoms with Gasteiger partial charge >= 0.3 is 0 Å². The van der Waals surface area contributed by atoms with Crippen LogP contribution < -0.4 is 0 Å². The van der Waals surface area contributed by atoms with E-state index < -0.39 is 0 Å². The molecule has 0 saturated carbocycles. The Labute approximate surface area is 175 Å². The van der Waals surface area contributed by atoms with Crippen molar-refractivity contribution in [3.8, 4) is 22.5 Å². The standard InChI is InChI=1S/C22H26N8/c1-3-5-13-30-21(24-20(27-30)6-4-2)14-16-7-9-17(10-8-16)19-15-23-12-11-18(19)22-25-28-29-26-22/h7-12,15H,3-6,13-14H2,1-2H3,(H,25,26,28,29). The van der Waals surface area contributed by atoms with E-state index in [0.717, 1.165) is 67.0 Å². The molecule has 0 bridgehead atoms. The fourth-order valence-electron chi connectivity index (χ4n) is 3.46. The minimum Gasteiger partial charge on any atom is -0.264 e. The van der Waals surface area contributed by atoms with Crippen LogP contribution in [-0.2, 0) is 19.4 Å². The average molecular weight is 403 g/mol. The van der Waals surface area contributed by atoms with Crippen LogP contribution in [0.5, 0.6) is 0 Å². The van der Waals surface area contributed by atoms with E-state index in [2.05, 4.69) is 68.4 Å². The first kappa shape index (κ1) is 19.9. The van der Waals surface area contributed by atoms with Crippen molar-refractivity contribution >= 4 is 0 Å². The van der Waals surface area contributed by atoms with E-state index >= 15 is 0 Å². The Bertz CT molecular complexity index is 1070. The number of tetrazole rings is 1. The Morgan fingerprint density at radius 2 is 1.87 bits per heavy atom. The molecule has 0 unspecified atom stereocenters. The largest absolute Gasteiger partial charge is 0.264 e. The monoisotopic (exact) mass is 402 g/mol. The van der Waals surface area contributed by atoms with Crippen LogP contribution in [0.15, 0.2) is 42.7 Å². The van der Waals surface area contributed by atoms with Crippen molar-refractivity contribution in [1.82, 2.24) is 40.4 Å². The summed E-state index contributed by atoms with van der Waals surface area (Å²) in [6.45, 7) is 5.28. The molecule has 154 valence electrons. The van der Waals surface area contributed by atoms with E-state index in [1.165, 1.54) is 5.56 Å². The predicted molar refractivity (Wildman–Crippen MR) is 115 cm³/mol. The molecule has 3 heterocycles. The number of aromatic amines is 1. The SMILES string of the molecule is CCCCn1nc(CCC)nc1Cc1ccc(-c2cnccc2-c2nnn[nH]2)cc1. The second kappa shape index (κ2) is 9.39. The Balaban J connectivity index is 1.57. The van der Waals surface area contributed by atoms with Crippen molar-refractivity contribution in [2.45, 2.75) is 52.5 Å². The molecule has 0 aliphatic rings. The number of hydrogen-bond acceptors (Lipinski definition) is 6. The number of nitrogens with one attached hydrogen (secondary N) is 1. The van der Waals surface area contributed by atoms with Gasteiger partial charge in [0.2, 0.25) is 0 Å². The number of benzene rings is 1. The number of nitrogens with zero attached hydrogens (tertiary/aromatic N) is 7. The highest BCUT2D eigenvalue weighted by Gasteiger charge is 2.12. The first-order valence-corrected chi connectivity index (χ1v) is 10.5. The fourth-order valence-corrected chi connectivity index (χ4v) is 3.46. The van der Waals surface area contributed by atoms with E-state index in [4.69, 9.17) is 10.1 Å². The highest BCUT2D eigenvalue weighted by molar-refractivity contribution is 5.79. The zero-order valence-electron chi connectivity index (χ0n) is 17.4. The van der Waals surface area contributed by atoms with Crippen molar-refractivity contribution in [3.05, 3.63) is 59.9 Å². The maximum Gasteiger partial charge on any atom is 0.180 e. The zero-order chi connectivity index (χ0) is 20.8. The number of aromatic nitrogens is 8. The van der Waals surface area contributed by atoms with Gasteiger partial charge in [0, 0.05) is 42.9 Å². The fraction of sp³-hybridized carbons (Fsp3) is 0.364. The van der Waals surface area contributed by atoms with Gasteiger partial charge in [0.05, 0.1) is 0 Å². The number of H-pyrrole nitrogens is 1. The van der Waals surface area contributed by atoms with Crippen molar-refractivity contribution in [3.63, 3.8) is 0 Å². The van der Waals surface area contributed by atoms with Gasteiger partial charge in [0.25, 0.3) is 0 Å². The maximum atomic E-state index is 4.79. The number of unbranched alkanes of at least 4 members (excludes halogenated alkanes) is 1. The minimum absolute atomic E-state index is 0.629. The highest BCUT2D eigenvalue weighted by Crippen LogP contribution is 2.29. The molecule has 1 N–H and O–H groups in total. The average Bonchev–Trinajstić information content (AvgIpc) is 3.44. The van der Waals surface area contributed by atoms with Crippen LogP contribution in [-0.4, -0.2) is 40.4 Å². The third kappa shape index (κ3) is 4.42. The molecule has 30 heavy (non-hydrogen) atoms. The van der Waals surface area contributed by atoms with Crippen LogP contribution >= 0.6 is 0 Å². The lowest BCUT2D eigenvalue weighted by molar-refractivity contribution is 0.545. The third-order valence-electron chi connectivity index (χ3n) is 5.04. The van der Waals surface area contributed by atoms with Gasteiger partial charge in [-0.1, -0.05) is 44.5 Å². The van der Waals surface area contributed by atoms with Crippen molar-refractivity contribution < 1.29 is 0 Å². The number of pyridine rings is 1. The van der Waals surface area contributed by atoms with E-state index in [0.29, 0.717) is 5.82 Å². The smallest absolute Gasteiger partial charge is 0.180 e. The second-order valence-corrected chi connectivity index (χ2v) is 7.32. The summed E-state index contributed by atoms with van der Waals surface area (Å²) in [6, 6.07) is 10.4. The van der Waals surface area contributed by atoms with Gasteiger partial charge in [-0.3, -0.25) is 4.98 Å². The summed E-state index contributed by atoms with van der Waals surface area (Å²) < 4.78 is 2.08. The quantitative estimate of drug-likeness (QED) is 0.456. The lowest BCUT2D eigenvalue weighted by Gasteiger charge is -2.08. The van der Waals surface area contributed by atoms with Crippen LogP contribution in [0.2, 0.25) is 0 Å². The molecule has 0 atom stereocenters. The summed E-state index contributed by atoms with van der Waals surface area (Å²) in [5.74, 6) is 2.61. The molecule has 0 radical (unpaired) electrons. The molecule has 0 aliphatic carbocycles. The molecule has 0 saturated heterocycles. The Morgan fingerprint density at radius 1 is 1.00 bits per heavy atom.